The van der Waals surface area contributed by atoms with Gasteiger partial charge in [-0.3, -0.25) is 14.5 Å². The van der Waals surface area contributed by atoms with Gasteiger partial charge >= 0.3 is 0 Å². The molecule has 0 atom stereocenters. The third kappa shape index (κ3) is 5.06. The molecule has 1 aliphatic rings. The lowest BCUT2D eigenvalue weighted by atomic mass is 10.1. The van der Waals surface area contributed by atoms with E-state index in [0.29, 0.717) is 23.7 Å². The summed E-state index contributed by atoms with van der Waals surface area (Å²) in [6.07, 6.45) is 9.00. The van der Waals surface area contributed by atoms with E-state index < -0.39 is 26.6 Å². The van der Waals surface area contributed by atoms with Crippen LogP contribution in [0.5, 0.6) is 5.88 Å². The fraction of sp³-hybridized carbons (Fsp3) is 0.0952. The average molecular weight is 460 g/mol. The monoisotopic (exact) mass is 460 g/mol. The Balaban J connectivity index is 1.96. The van der Waals surface area contributed by atoms with E-state index in [9.17, 15) is 22.0 Å². The number of sulfonamides is 1. The van der Waals surface area contributed by atoms with Crippen LogP contribution in [-0.2, 0) is 14.8 Å². The van der Waals surface area contributed by atoms with Crippen molar-refractivity contribution in [2.24, 2.45) is 4.99 Å². The van der Waals surface area contributed by atoms with Crippen LogP contribution < -0.4 is 9.46 Å². The summed E-state index contributed by atoms with van der Waals surface area (Å²) < 4.78 is 59.9. The number of halogens is 2. The minimum absolute atomic E-state index is 0.0619. The zero-order chi connectivity index (χ0) is 23.3. The molecule has 166 valence electrons. The summed E-state index contributed by atoms with van der Waals surface area (Å²) in [4.78, 5) is 20.4. The van der Waals surface area contributed by atoms with Crippen LogP contribution >= 0.6 is 0 Å². The quantitative estimate of drug-likeness (QED) is 0.505. The number of rotatable bonds is 7. The Labute approximate surface area is 183 Å². The summed E-state index contributed by atoms with van der Waals surface area (Å²) in [7, 11) is -3.12. The second kappa shape index (κ2) is 9.52. The molecule has 0 saturated carbocycles. The molecule has 11 heteroatoms. The molecule has 0 bridgehead atoms. The van der Waals surface area contributed by atoms with E-state index in [0.717, 1.165) is 12.1 Å². The largest absolute Gasteiger partial charge is 0.480 e. The number of nitrogens with zero attached hydrogens (tertiary/aromatic N) is 3. The number of anilines is 1. The molecule has 0 unspecified atom stereocenters. The molecule has 0 fully saturated rings. The lowest BCUT2D eigenvalue weighted by molar-refractivity contribution is -0.123. The Morgan fingerprint density at radius 2 is 2.12 bits per heavy atom. The highest BCUT2D eigenvalue weighted by atomic mass is 32.2. The molecule has 1 aromatic heterocycles. The molecule has 0 spiro atoms. The molecule has 0 aliphatic carbocycles. The first-order chi connectivity index (χ1) is 15.2. The molecular weight excluding hydrogens is 442 g/mol. The van der Waals surface area contributed by atoms with Gasteiger partial charge in [-0.15, -0.1) is 0 Å². The molecule has 3 rings (SSSR count). The number of pyridine rings is 1. The van der Waals surface area contributed by atoms with Crippen LogP contribution in [0, 0.1) is 11.6 Å². The Morgan fingerprint density at radius 1 is 1.34 bits per heavy atom. The zero-order valence-electron chi connectivity index (χ0n) is 16.8. The standard InChI is InChI=1S/C21H18F2N4O4S/c1-24-8-7-20(28)27-9-3-4-14(13-27)15-10-18(21(31-2)25-12-15)26-32(29,30)19-6-5-16(22)11-17(19)23/h3-8,10-13,26H,1,9H2,2H3/b8-7-. The number of amides is 1. The van der Waals surface area contributed by atoms with Gasteiger partial charge in [-0.1, -0.05) is 12.2 Å². The number of nitrogens with one attached hydrogen (secondary N) is 1. The maximum Gasteiger partial charge on any atom is 0.264 e. The average Bonchev–Trinajstić information content (AvgIpc) is 2.77. The molecule has 0 radical (unpaired) electrons. The molecule has 32 heavy (non-hydrogen) atoms. The van der Waals surface area contributed by atoms with Gasteiger partial charge in [-0.2, -0.15) is 0 Å². The molecule has 8 nitrogen and oxygen atoms in total. The highest BCUT2D eigenvalue weighted by Crippen LogP contribution is 2.30. The number of benzene rings is 1. The fourth-order valence-electron chi connectivity index (χ4n) is 2.83. The van der Waals surface area contributed by atoms with Gasteiger partial charge in [0, 0.05) is 42.8 Å². The summed E-state index contributed by atoms with van der Waals surface area (Å²) in [5.74, 6) is -2.53. The van der Waals surface area contributed by atoms with Gasteiger partial charge in [0.25, 0.3) is 15.9 Å². The summed E-state index contributed by atoms with van der Waals surface area (Å²) in [5.41, 5.74) is 0.956. The Bertz CT molecular complexity index is 1260. The second-order valence-electron chi connectivity index (χ2n) is 6.44. The van der Waals surface area contributed by atoms with Crippen LogP contribution in [-0.4, -0.2) is 44.6 Å². The van der Waals surface area contributed by atoms with Crippen LogP contribution in [0.3, 0.4) is 0 Å². The van der Waals surface area contributed by atoms with Crippen LogP contribution in [0.15, 0.2) is 71.0 Å². The minimum atomic E-state index is -4.41. The van der Waals surface area contributed by atoms with E-state index in [1.54, 1.807) is 18.4 Å². The number of carbonyl (C=O) groups is 1. The first kappa shape index (κ1) is 22.8. The minimum Gasteiger partial charge on any atom is -0.480 e. The predicted molar refractivity (Wildman–Crippen MR) is 115 cm³/mol. The number of ether oxygens (including phenoxy) is 1. The number of hydrogen-bond donors (Lipinski definition) is 1. The Hall–Kier alpha value is -3.86. The van der Waals surface area contributed by atoms with Crippen molar-refractivity contribution in [3.8, 4) is 5.88 Å². The van der Waals surface area contributed by atoms with Crippen LogP contribution in [0.1, 0.15) is 5.56 Å². The summed E-state index contributed by atoms with van der Waals surface area (Å²) in [5, 5.41) is 0. The second-order valence-corrected chi connectivity index (χ2v) is 8.09. The van der Waals surface area contributed by atoms with Crippen molar-refractivity contribution in [2.45, 2.75) is 4.90 Å². The van der Waals surface area contributed by atoms with Gasteiger partial charge in [0.15, 0.2) is 0 Å². The van der Waals surface area contributed by atoms with Crippen molar-refractivity contribution in [1.29, 1.82) is 0 Å². The van der Waals surface area contributed by atoms with E-state index in [4.69, 9.17) is 4.74 Å². The van der Waals surface area contributed by atoms with E-state index >= 15 is 0 Å². The van der Waals surface area contributed by atoms with Crippen LogP contribution in [0.2, 0.25) is 0 Å². The Kier molecular flexibility index (Phi) is 6.79. The smallest absolute Gasteiger partial charge is 0.264 e. The summed E-state index contributed by atoms with van der Waals surface area (Å²) in [6.45, 7) is 3.60. The molecule has 2 heterocycles. The maximum atomic E-state index is 14.0. The molecular formula is C21H18F2N4O4S. The van der Waals surface area contributed by atoms with Crippen LogP contribution in [0.4, 0.5) is 14.5 Å². The van der Waals surface area contributed by atoms with Crippen molar-refractivity contribution >= 4 is 33.9 Å². The van der Waals surface area contributed by atoms with Gasteiger partial charge in [0.1, 0.15) is 22.2 Å². The van der Waals surface area contributed by atoms with Crippen LogP contribution in [0.25, 0.3) is 5.57 Å². The molecule has 1 aromatic carbocycles. The maximum absolute atomic E-state index is 14.0. The number of allylic oxidation sites excluding steroid dienone is 2. The summed E-state index contributed by atoms with van der Waals surface area (Å²) >= 11 is 0. The third-order valence-corrected chi connectivity index (χ3v) is 5.70. The van der Waals surface area contributed by atoms with E-state index in [1.807, 2.05) is 0 Å². The van der Waals surface area contributed by atoms with Crippen molar-refractivity contribution in [2.75, 3.05) is 18.4 Å². The van der Waals surface area contributed by atoms with Gasteiger partial charge in [0.2, 0.25) is 5.88 Å². The van der Waals surface area contributed by atoms with Gasteiger partial charge < -0.3 is 9.64 Å². The lowest BCUT2D eigenvalue weighted by Crippen LogP contribution is -2.26. The molecule has 1 amide bonds. The number of hydrogen-bond acceptors (Lipinski definition) is 6. The highest BCUT2D eigenvalue weighted by molar-refractivity contribution is 7.92. The van der Waals surface area contributed by atoms with Gasteiger partial charge in [0.05, 0.1) is 7.11 Å². The first-order valence-corrected chi connectivity index (χ1v) is 10.6. The van der Waals surface area contributed by atoms with Crippen molar-refractivity contribution in [1.82, 2.24) is 9.88 Å². The molecule has 0 saturated heterocycles. The predicted octanol–water partition coefficient (Wildman–Crippen LogP) is 3.12. The van der Waals surface area contributed by atoms with Crippen molar-refractivity contribution in [3.63, 3.8) is 0 Å². The normalized spacial score (nSPS) is 13.7. The topological polar surface area (TPSA) is 101 Å². The molecule has 1 N–H and O–H groups in total. The number of aliphatic imine (C=N–C) groups is 1. The molecule has 1 aliphatic heterocycles. The van der Waals surface area contributed by atoms with Crippen molar-refractivity contribution < 1.29 is 26.7 Å². The van der Waals surface area contributed by atoms with Gasteiger partial charge in [-0.05, 0) is 30.5 Å². The third-order valence-electron chi connectivity index (χ3n) is 4.31. The lowest BCUT2D eigenvalue weighted by Gasteiger charge is -2.20. The van der Waals surface area contributed by atoms with E-state index in [1.165, 1.54) is 36.5 Å². The number of methoxy groups -OCH3 is 1. The highest BCUT2D eigenvalue weighted by Gasteiger charge is 2.22. The van der Waals surface area contributed by atoms with E-state index in [-0.39, 0.29) is 17.5 Å². The SMILES string of the molecule is C=N/C=C\C(=O)N1C=C(c2cnc(OC)c(NS(=O)(=O)c3ccc(F)cc3F)c2)C=CC1. The van der Waals surface area contributed by atoms with Gasteiger partial charge in [-0.25, -0.2) is 22.2 Å². The fourth-order valence-corrected chi connectivity index (χ4v) is 3.94. The number of aromatic nitrogens is 1. The number of carbonyl (C=O) groups excluding carboxylic acids is 1. The molecule has 2 aromatic rings. The van der Waals surface area contributed by atoms with E-state index in [2.05, 4.69) is 21.4 Å². The zero-order valence-corrected chi connectivity index (χ0v) is 17.6. The van der Waals surface area contributed by atoms with Crippen molar-refractivity contribution in [3.05, 3.63) is 78.3 Å². The summed E-state index contributed by atoms with van der Waals surface area (Å²) in [6, 6.07) is 3.55. The Morgan fingerprint density at radius 3 is 2.81 bits per heavy atom. The first-order valence-electron chi connectivity index (χ1n) is 9.09.